The van der Waals surface area contributed by atoms with Crippen molar-refractivity contribution in [2.45, 2.75) is 25.1 Å². The first-order valence-corrected chi connectivity index (χ1v) is 9.58. The van der Waals surface area contributed by atoms with Crippen molar-refractivity contribution in [1.82, 2.24) is 4.90 Å². The Kier molecular flexibility index (Phi) is 6.17. The van der Waals surface area contributed by atoms with Gasteiger partial charge in [-0.05, 0) is 54.8 Å². The van der Waals surface area contributed by atoms with Crippen LogP contribution < -0.4 is 4.90 Å². The number of nitrogens with zero attached hydrogens (tertiary/aromatic N) is 2. The van der Waals surface area contributed by atoms with E-state index >= 15 is 0 Å². The number of piperidine rings is 1. The van der Waals surface area contributed by atoms with Crippen molar-refractivity contribution in [2.75, 3.05) is 32.1 Å². The number of carbonyl (C=O) groups is 1. The average molecular weight is 406 g/mol. The molecule has 1 saturated heterocycles. The molecule has 4 nitrogen and oxygen atoms in total. The Morgan fingerprint density at radius 1 is 1.07 bits per heavy atom. The fourth-order valence-electron chi connectivity index (χ4n) is 3.87. The van der Waals surface area contributed by atoms with Gasteiger partial charge in [-0.2, -0.15) is 13.2 Å². The van der Waals surface area contributed by atoms with Crippen LogP contribution in [-0.2, 0) is 11.0 Å². The summed E-state index contributed by atoms with van der Waals surface area (Å²) in [7, 11) is 3.87. The molecule has 2 atom stereocenters. The van der Waals surface area contributed by atoms with Crippen LogP contribution >= 0.6 is 0 Å². The first-order chi connectivity index (χ1) is 13.7. The maximum absolute atomic E-state index is 13.0. The van der Waals surface area contributed by atoms with Crippen molar-refractivity contribution >= 4 is 11.7 Å². The van der Waals surface area contributed by atoms with E-state index in [9.17, 15) is 23.1 Å². The van der Waals surface area contributed by atoms with Gasteiger partial charge in [-0.15, -0.1) is 0 Å². The lowest BCUT2D eigenvalue weighted by molar-refractivity contribution is -0.144. The second-order valence-electron chi connectivity index (χ2n) is 7.68. The molecule has 156 valence electrons. The van der Waals surface area contributed by atoms with Gasteiger partial charge in [-0.25, -0.2) is 0 Å². The second kappa shape index (κ2) is 8.45. The number of benzene rings is 2. The molecule has 1 fully saturated rings. The van der Waals surface area contributed by atoms with Gasteiger partial charge in [-0.3, -0.25) is 9.69 Å². The first kappa shape index (κ1) is 21.2. The van der Waals surface area contributed by atoms with Crippen molar-refractivity contribution in [3.63, 3.8) is 0 Å². The van der Waals surface area contributed by atoms with E-state index in [0.717, 1.165) is 35.4 Å². The van der Waals surface area contributed by atoms with E-state index in [-0.39, 0.29) is 6.04 Å². The van der Waals surface area contributed by atoms with Crippen molar-refractivity contribution in [1.29, 1.82) is 0 Å². The number of alkyl halides is 3. The van der Waals surface area contributed by atoms with Crippen molar-refractivity contribution < 1.29 is 23.1 Å². The third-order valence-corrected chi connectivity index (χ3v) is 5.45. The molecule has 2 unspecified atom stereocenters. The molecule has 7 heteroatoms. The minimum atomic E-state index is -4.39. The van der Waals surface area contributed by atoms with Gasteiger partial charge in [0.15, 0.2) is 0 Å². The van der Waals surface area contributed by atoms with Crippen LogP contribution in [0.3, 0.4) is 0 Å². The van der Waals surface area contributed by atoms with E-state index in [2.05, 4.69) is 4.90 Å². The van der Waals surface area contributed by atoms with Crippen LogP contribution in [0.15, 0.2) is 48.5 Å². The number of aliphatic carboxylic acids is 1. The molecule has 1 heterocycles. The maximum atomic E-state index is 13.0. The molecule has 0 aliphatic carbocycles. The smallest absolute Gasteiger partial charge is 0.416 e. The van der Waals surface area contributed by atoms with E-state index < -0.39 is 23.6 Å². The van der Waals surface area contributed by atoms with Gasteiger partial charge in [0.1, 0.15) is 0 Å². The summed E-state index contributed by atoms with van der Waals surface area (Å²) < 4.78 is 38.9. The summed E-state index contributed by atoms with van der Waals surface area (Å²) in [5.74, 6) is -1.30. The minimum absolute atomic E-state index is 0.296. The van der Waals surface area contributed by atoms with Gasteiger partial charge < -0.3 is 10.0 Å². The molecule has 1 aliphatic heterocycles. The Hall–Kier alpha value is -2.54. The molecule has 0 amide bonds. The normalized spacial score (nSPS) is 19.0. The van der Waals surface area contributed by atoms with Gasteiger partial charge in [0.2, 0.25) is 0 Å². The van der Waals surface area contributed by atoms with Gasteiger partial charge >= 0.3 is 12.1 Å². The molecule has 0 spiro atoms. The molecule has 2 aromatic carbocycles. The monoisotopic (exact) mass is 406 g/mol. The predicted octanol–water partition coefficient (Wildman–Crippen LogP) is 4.66. The van der Waals surface area contributed by atoms with Crippen LogP contribution in [0.1, 0.15) is 35.6 Å². The Morgan fingerprint density at radius 3 is 2.10 bits per heavy atom. The number of carboxylic acids is 1. The highest BCUT2D eigenvalue weighted by atomic mass is 19.4. The molecule has 1 aliphatic rings. The van der Waals surface area contributed by atoms with E-state index in [1.807, 2.05) is 43.3 Å². The summed E-state index contributed by atoms with van der Waals surface area (Å²) >= 11 is 0. The van der Waals surface area contributed by atoms with Crippen molar-refractivity contribution in [3.05, 3.63) is 65.2 Å². The fourth-order valence-corrected chi connectivity index (χ4v) is 3.87. The summed E-state index contributed by atoms with van der Waals surface area (Å²) in [4.78, 5) is 15.5. The predicted molar refractivity (Wildman–Crippen MR) is 106 cm³/mol. The van der Waals surface area contributed by atoms with Crippen molar-refractivity contribution in [2.24, 2.45) is 5.92 Å². The van der Waals surface area contributed by atoms with E-state index in [0.29, 0.717) is 19.5 Å². The number of carboxylic acid groups (broad SMARTS) is 1. The highest BCUT2D eigenvalue weighted by molar-refractivity contribution is 5.70. The van der Waals surface area contributed by atoms with Crippen LogP contribution in [-0.4, -0.2) is 43.2 Å². The zero-order chi connectivity index (χ0) is 21.2. The lowest BCUT2D eigenvalue weighted by atomic mass is 9.91. The largest absolute Gasteiger partial charge is 0.481 e. The lowest BCUT2D eigenvalue weighted by Crippen LogP contribution is -2.41. The average Bonchev–Trinajstić information content (AvgIpc) is 2.68. The zero-order valence-electron chi connectivity index (χ0n) is 16.5. The molecule has 1 N–H and O–H groups in total. The fraction of sp³-hybridized carbons (Fsp3) is 0.409. The zero-order valence-corrected chi connectivity index (χ0v) is 16.5. The first-order valence-electron chi connectivity index (χ1n) is 9.58. The molecule has 29 heavy (non-hydrogen) atoms. The van der Waals surface area contributed by atoms with Gasteiger partial charge in [0.25, 0.3) is 0 Å². The topological polar surface area (TPSA) is 43.8 Å². The number of hydrogen-bond acceptors (Lipinski definition) is 3. The summed E-state index contributed by atoms with van der Waals surface area (Å²) in [6.45, 7) is 1.07. The van der Waals surface area contributed by atoms with Crippen LogP contribution in [0, 0.1) is 5.92 Å². The van der Waals surface area contributed by atoms with Crippen LogP contribution in [0.25, 0.3) is 0 Å². The Morgan fingerprint density at radius 2 is 1.62 bits per heavy atom. The summed E-state index contributed by atoms with van der Waals surface area (Å²) in [6, 6.07) is 12.7. The molecule has 0 saturated carbocycles. The highest BCUT2D eigenvalue weighted by Gasteiger charge is 2.33. The van der Waals surface area contributed by atoms with Crippen LogP contribution in [0.2, 0.25) is 0 Å². The Balaban J connectivity index is 1.98. The van der Waals surface area contributed by atoms with Gasteiger partial charge in [0, 0.05) is 26.3 Å². The molecule has 2 aromatic rings. The number of rotatable bonds is 5. The lowest BCUT2D eigenvalue weighted by Gasteiger charge is -2.37. The van der Waals surface area contributed by atoms with Crippen LogP contribution in [0.4, 0.5) is 18.9 Å². The summed E-state index contributed by atoms with van der Waals surface area (Å²) in [5, 5.41) is 9.45. The molecular formula is C22H25F3N2O2. The second-order valence-corrected chi connectivity index (χ2v) is 7.68. The van der Waals surface area contributed by atoms with Crippen LogP contribution in [0.5, 0.6) is 0 Å². The van der Waals surface area contributed by atoms with Gasteiger partial charge in [0.05, 0.1) is 17.5 Å². The summed E-state index contributed by atoms with van der Waals surface area (Å²) in [5.41, 5.74) is 1.98. The number of likely N-dealkylation sites (tertiary alicyclic amines) is 1. The number of halogens is 3. The SMILES string of the molecule is CN(C)c1ccc(C(c2ccc(C(F)(F)F)cc2)N2CCCC(C(=O)O)C2)cc1. The summed E-state index contributed by atoms with van der Waals surface area (Å²) in [6.07, 6.45) is -3.03. The third-order valence-electron chi connectivity index (χ3n) is 5.45. The highest BCUT2D eigenvalue weighted by Crippen LogP contribution is 2.35. The molecule has 0 bridgehead atoms. The van der Waals surface area contributed by atoms with E-state index in [1.54, 1.807) is 0 Å². The molecular weight excluding hydrogens is 381 g/mol. The van der Waals surface area contributed by atoms with E-state index in [4.69, 9.17) is 0 Å². The minimum Gasteiger partial charge on any atom is -0.481 e. The number of anilines is 1. The van der Waals surface area contributed by atoms with E-state index in [1.165, 1.54) is 12.1 Å². The molecule has 0 radical (unpaired) electrons. The molecule has 3 rings (SSSR count). The third kappa shape index (κ3) is 4.90. The standard InChI is InChI=1S/C22H25F3N2O2/c1-26(2)19-11-7-16(8-12-19)20(27-13-3-4-17(14-27)21(28)29)15-5-9-18(10-6-15)22(23,24)25/h5-12,17,20H,3-4,13-14H2,1-2H3,(H,28,29). The van der Waals surface area contributed by atoms with Crippen molar-refractivity contribution in [3.8, 4) is 0 Å². The Labute approximate surface area is 168 Å². The number of hydrogen-bond donors (Lipinski definition) is 1. The molecule has 0 aromatic heterocycles. The quantitative estimate of drug-likeness (QED) is 0.785. The van der Waals surface area contributed by atoms with Gasteiger partial charge in [-0.1, -0.05) is 24.3 Å². The Bertz CT molecular complexity index is 833. The maximum Gasteiger partial charge on any atom is 0.416 e.